The average Bonchev–Trinajstić information content (AvgIpc) is 2.91. The topological polar surface area (TPSA) is 130 Å². The number of nitrogens with zero attached hydrogens (tertiary/aromatic N) is 7. The summed E-state index contributed by atoms with van der Waals surface area (Å²) in [6.07, 6.45) is 0. The van der Waals surface area contributed by atoms with Crippen molar-refractivity contribution >= 4 is 17.3 Å². The Kier molecular flexibility index (Phi) is 6.15. The third-order valence-electron chi connectivity index (χ3n) is 4.45. The number of aromatic nitrogens is 3. The number of likely N-dealkylation sites (N-methyl/N-ethyl adjacent to an activating group) is 2. The van der Waals surface area contributed by atoms with E-state index >= 15 is 0 Å². The molecule has 2 aromatic rings. The van der Waals surface area contributed by atoms with Crippen LogP contribution in [0.15, 0.2) is 23.0 Å². The lowest BCUT2D eigenvalue weighted by Crippen LogP contribution is -2.38. The molecule has 0 atom stereocenters. The highest BCUT2D eigenvalue weighted by Crippen LogP contribution is 2.28. The van der Waals surface area contributed by atoms with Gasteiger partial charge in [0.05, 0.1) is 16.6 Å². The second kappa shape index (κ2) is 8.34. The number of nitro benzene ring substituents is 1. The fourth-order valence-electron chi connectivity index (χ4n) is 2.56. The largest absolute Gasteiger partial charge is 0.367 e. The summed E-state index contributed by atoms with van der Waals surface area (Å²) in [4.78, 5) is 38.1. The number of carbonyl (C=O) groups is 1. The highest BCUT2D eigenvalue weighted by Gasteiger charge is 2.19. The zero-order valence-electron chi connectivity index (χ0n) is 16.1. The van der Waals surface area contributed by atoms with E-state index in [4.69, 9.17) is 5.26 Å². The van der Waals surface area contributed by atoms with Gasteiger partial charge in [-0.05, 0) is 19.1 Å². The molecule has 0 aliphatic heterocycles. The molecule has 1 amide bonds. The Morgan fingerprint density at radius 1 is 1.36 bits per heavy atom. The van der Waals surface area contributed by atoms with Crippen molar-refractivity contribution in [2.75, 3.05) is 32.1 Å². The maximum Gasteiger partial charge on any atom is 0.346 e. The molecule has 11 nitrogen and oxygen atoms in total. The van der Waals surface area contributed by atoms with E-state index in [1.165, 1.54) is 27.7 Å². The molecule has 2 rings (SSSR count). The minimum Gasteiger partial charge on any atom is -0.367 e. The number of hydrogen-bond donors (Lipinski definition) is 0. The van der Waals surface area contributed by atoms with Gasteiger partial charge in [0, 0.05) is 40.3 Å². The summed E-state index contributed by atoms with van der Waals surface area (Å²) in [5.41, 5.74) is 0.00396. The van der Waals surface area contributed by atoms with Gasteiger partial charge in [-0.3, -0.25) is 19.5 Å². The van der Waals surface area contributed by atoms with Crippen LogP contribution < -0.4 is 10.6 Å². The highest BCUT2D eigenvalue weighted by molar-refractivity contribution is 5.75. The number of carbonyl (C=O) groups excluding carboxylic acids is 1. The molecule has 0 N–H and O–H groups in total. The zero-order valence-corrected chi connectivity index (χ0v) is 16.1. The molecule has 0 bridgehead atoms. The van der Waals surface area contributed by atoms with Gasteiger partial charge in [-0.1, -0.05) is 0 Å². The number of rotatable bonds is 7. The number of nitro groups is 1. The van der Waals surface area contributed by atoms with E-state index in [0.717, 1.165) is 4.68 Å². The van der Waals surface area contributed by atoms with Crippen molar-refractivity contribution in [3.63, 3.8) is 0 Å². The lowest BCUT2D eigenvalue weighted by atomic mass is 10.1. The van der Waals surface area contributed by atoms with Crippen molar-refractivity contribution in [1.29, 1.82) is 5.26 Å². The Balaban J connectivity index is 2.04. The Morgan fingerprint density at radius 3 is 2.57 bits per heavy atom. The standard InChI is InChI=1S/C17H21N7O4/c1-12-19-23(17(26)22(12)4)11-16(25)21(3)8-7-20(2)14-6-5-13(10-18)9-15(14)24(27)28/h5-6,9H,7-8,11H2,1-4H3. The number of amides is 1. The van der Waals surface area contributed by atoms with Crippen molar-refractivity contribution in [2.45, 2.75) is 13.5 Å². The molecule has 0 unspecified atom stereocenters. The van der Waals surface area contributed by atoms with Crippen LogP contribution in [0, 0.1) is 28.4 Å². The van der Waals surface area contributed by atoms with Crippen LogP contribution in [0.4, 0.5) is 11.4 Å². The number of nitriles is 1. The molecule has 148 valence electrons. The number of anilines is 1. The predicted molar refractivity (Wildman–Crippen MR) is 101 cm³/mol. The molecule has 0 radical (unpaired) electrons. The summed E-state index contributed by atoms with van der Waals surface area (Å²) in [6, 6.07) is 6.11. The highest BCUT2D eigenvalue weighted by atomic mass is 16.6. The zero-order chi connectivity index (χ0) is 21.0. The lowest BCUT2D eigenvalue weighted by molar-refractivity contribution is -0.384. The Hall–Kier alpha value is -3.68. The summed E-state index contributed by atoms with van der Waals surface area (Å²) in [5, 5.41) is 24.2. The van der Waals surface area contributed by atoms with Crippen molar-refractivity contribution in [3.8, 4) is 6.07 Å². The van der Waals surface area contributed by atoms with E-state index in [1.54, 1.807) is 33.0 Å². The first-order chi connectivity index (χ1) is 13.1. The van der Waals surface area contributed by atoms with E-state index in [9.17, 15) is 19.7 Å². The minimum absolute atomic E-state index is 0.175. The van der Waals surface area contributed by atoms with E-state index in [2.05, 4.69) is 5.10 Å². The van der Waals surface area contributed by atoms with Crippen LogP contribution >= 0.6 is 0 Å². The summed E-state index contributed by atoms with van der Waals surface area (Å²) < 4.78 is 2.45. The van der Waals surface area contributed by atoms with Crippen molar-refractivity contribution in [3.05, 3.63) is 50.2 Å². The normalized spacial score (nSPS) is 10.4. The Bertz CT molecular complexity index is 1000. The molecule has 0 spiro atoms. The lowest BCUT2D eigenvalue weighted by Gasteiger charge is -2.23. The molecular weight excluding hydrogens is 366 g/mol. The van der Waals surface area contributed by atoms with Gasteiger partial charge >= 0.3 is 5.69 Å². The van der Waals surface area contributed by atoms with Crippen molar-refractivity contribution in [2.24, 2.45) is 7.05 Å². The van der Waals surface area contributed by atoms with Crippen LogP contribution in [0.25, 0.3) is 0 Å². The monoisotopic (exact) mass is 387 g/mol. The van der Waals surface area contributed by atoms with Crippen molar-refractivity contribution < 1.29 is 9.72 Å². The van der Waals surface area contributed by atoms with E-state index in [1.807, 2.05) is 6.07 Å². The minimum atomic E-state index is -0.544. The van der Waals surface area contributed by atoms with Crippen molar-refractivity contribution in [1.82, 2.24) is 19.2 Å². The van der Waals surface area contributed by atoms with Gasteiger partial charge in [-0.25, -0.2) is 9.48 Å². The van der Waals surface area contributed by atoms with E-state index in [0.29, 0.717) is 18.1 Å². The summed E-state index contributed by atoms with van der Waals surface area (Å²) in [5.74, 6) is 0.205. The summed E-state index contributed by atoms with van der Waals surface area (Å²) >= 11 is 0. The first-order valence-corrected chi connectivity index (χ1v) is 8.39. The number of benzene rings is 1. The van der Waals surface area contributed by atoms with Gasteiger partial charge in [0.1, 0.15) is 18.1 Å². The molecule has 11 heteroatoms. The smallest absolute Gasteiger partial charge is 0.346 e. The van der Waals surface area contributed by atoms with Gasteiger partial charge < -0.3 is 9.80 Å². The fraction of sp³-hybridized carbons (Fsp3) is 0.412. The van der Waals surface area contributed by atoms with Gasteiger partial charge in [0.2, 0.25) is 5.91 Å². The quantitative estimate of drug-likeness (QED) is 0.492. The average molecular weight is 387 g/mol. The molecule has 0 aliphatic rings. The molecule has 1 aromatic heterocycles. The van der Waals surface area contributed by atoms with Crippen LogP contribution in [-0.2, 0) is 18.4 Å². The Labute approximate surface area is 161 Å². The van der Waals surface area contributed by atoms with Gasteiger partial charge in [-0.2, -0.15) is 10.4 Å². The first-order valence-electron chi connectivity index (χ1n) is 8.39. The fourth-order valence-corrected chi connectivity index (χ4v) is 2.56. The maximum absolute atomic E-state index is 12.3. The first kappa shape index (κ1) is 20.6. The van der Waals surface area contributed by atoms with Crippen LogP contribution in [0.3, 0.4) is 0 Å². The molecule has 28 heavy (non-hydrogen) atoms. The van der Waals surface area contributed by atoms with E-state index in [-0.39, 0.29) is 35.9 Å². The third-order valence-corrected chi connectivity index (χ3v) is 4.45. The second-order valence-electron chi connectivity index (χ2n) is 6.36. The van der Waals surface area contributed by atoms with E-state index < -0.39 is 4.92 Å². The maximum atomic E-state index is 12.3. The second-order valence-corrected chi connectivity index (χ2v) is 6.36. The van der Waals surface area contributed by atoms with Crippen LogP contribution in [0.5, 0.6) is 0 Å². The molecule has 0 fully saturated rings. The SMILES string of the molecule is Cc1nn(CC(=O)N(C)CCN(C)c2ccc(C#N)cc2[N+](=O)[O-])c(=O)n1C. The summed E-state index contributed by atoms with van der Waals surface area (Å²) in [7, 11) is 4.83. The predicted octanol–water partition coefficient (Wildman–Crippen LogP) is 0.265. The van der Waals surface area contributed by atoms with Crippen LogP contribution in [0.2, 0.25) is 0 Å². The summed E-state index contributed by atoms with van der Waals surface area (Å²) in [6.45, 7) is 2.10. The number of hydrogen-bond acceptors (Lipinski definition) is 7. The van der Waals surface area contributed by atoms with Gasteiger partial charge in [0.25, 0.3) is 5.69 Å². The molecule has 0 aliphatic carbocycles. The van der Waals surface area contributed by atoms with Gasteiger partial charge in [0.15, 0.2) is 0 Å². The van der Waals surface area contributed by atoms with Gasteiger partial charge in [-0.15, -0.1) is 0 Å². The molecule has 0 saturated carbocycles. The third kappa shape index (κ3) is 4.35. The van der Waals surface area contributed by atoms with Crippen LogP contribution in [-0.4, -0.2) is 57.3 Å². The van der Waals surface area contributed by atoms with Crippen LogP contribution in [0.1, 0.15) is 11.4 Å². The molecule has 0 saturated heterocycles. The number of aryl methyl sites for hydroxylation is 1. The molecule has 1 heterocycles. The Morgan fingerprint density at radius 2 is 2.04 bits per heavy atom. The molecular formula is C17H21N7O4. The molecule has 1 aromatic carbocycles.